The molecule has 0 spiro atoms. The predicted octanol–water partition coefficient (Wildman–Crippen LogP) is 5.28. The first-order valence-electron chi connectivity index (χ1n) is 9.97. The monoisotopic (exact) mass is 387 g/mol. The van der Waals surface area contributed by atoms with Crippen LogP contribution < -0.4 is 0 Å². The van der Waals surface area contributed by atoms with Crippen LogP contribution in [-0.2, 0) is 4.43 Å². The lowest BCUT2D eigenvalue weighted by Crippen LogP contribution is -2.45. The Kier molecular flexibility index (Phi) is 5.89. The first-order valence-corrected chi connectivity index (χ1v) is 12.9. The SMILES string of the molecule is CC(c1nnc(-c2ccccc2)o1)N1CCCC1CO[Si](C)(C)C(C)(C)C. The van der Waals surface area contributed by atoms with Gasteiger partial charge < -0.3 is 8.84 Å². The Morgan fingerprint density at radius 3 is 2.59 bits per heavy atom. The smallest absolute Gasteiger partial charge is 0.247 e. The van der Waals surface area contributed by atoms with Gasteiger partial charge in [0.1, 0.15) is 0 Å². The summed E-state index contributed by atoms with van der Waals surface area (Å²) in [5.74, 6) is 1.28. The van der Waals surface area contributed by atoms with Gasteiger partial charge in [0.05, 0.1) is 6.04 Å². The van der Waals surface area contributed by atoms with Crippen molar-refractivity contribution >= 4 is 8.32 Å². The molecule has 148 valence electrons. The highest BCUT2D eigenvalue weighted by molar-refractivity contribution is 6.74. The van der Waals surface area contributed by atoms with Crippen LogP contribution >= 0.6 is 0 Å². The van der Waals surface area contributed by atoms with Crippen LogP contribution in [0, 0.1) is 0 Å². The molecule has 0 saturated carbocycles. The molecule has 1 aromatic carbocycles. The predicted molar refractivity (Wildman–Crippen MR) is 111 cm³/mol. The molecule has 1 aliphatic heterocycles. The van der Waals surface area contributed by atoms with Crippen molar-refractivity contribution < 1.29 is 8.84 Å². The van der Waals surface area contributed by atoms with Crippen molar-refractivity contribution in [2.75, 3.05) is 13.2 Å². The number of rotatable bonds is 6. The average Bonchev–Trinajstić information content (AvgIpc) is 3.29. The van der Waals surface area contributed by atoms with Crippen molar-refractivity contribution in [2.45, 2.75) is 70.8 Å². The Bertz CT molecular complexity index is 739. The third kappa shape index (κ3) is 4.50. The molecule has 1 fully saturated rings. The molecule has 0 aliphatic carbocycles. The highest BCUT2D eigenvalue weighted by Gasteiger charge is 2.39. The summed E-state index contributed by atoms with van der Waals surface area (Å²) >= 11 is 0. The Balaban J connectivity index is 1.67. The number of aromatic nitrogens is 2. The summed E-state index contributed by atoms with van der Waals surface area (Å²) in [6.45, 7) is 15.5. The maximum atomic E-state index is 6.50. The topological polar surface area (TPSA) is 51.4 Å². The number of benzene rings is 1. The van der Waals surface area contributed by atoms with E-state index in [9.17, 15) is 0 Å². The van der Waals surface area contributed by atoms with E-state index in [-0.39, 0.29) is 11.1 Å². The fraction of sp³-hybridized carbons (Fsp3) is 0.619. The largest absolute Gasteiger partial charge is 0.419 e. The molecule has 2 aromatic rings. The van der Waals surface area contributed by atoms with Crippen LogP contribution in [0.5, 0.6) is 0 Å². The first-order chi connectivity index (χ1) is 12.7. The third-order valence-corrected chi connectivity index (χ3v) is 10.7. The molecule has 1 aliphatic rings. The molecule has 2 unspecified atom stereocenters. The van der Waals surface area contributed by atoms with Crippen molar-refractivity contribution in [1.29, 1.82) is 0 Å². The minimum Gasteiger partial charge on any atom is -0.419 e. The molecule has 27 heavy (non-hydrogen) atoms. The van der Waals surface area contributed by atoms with Crippen LogP contribution in [0.15, 0.2) is 34.7 Å². The summed E-state index contributed by atoms with van der Waals surface area (Å²) in [4.78, 5) is 2.47. The quantitative estimate of drug-likeness (QED) is 0.631. The van der Waals surface area contributed by atoms with Crippen LogP contribution in [0.25, 0.3) is 11.5 Å². The third-order valence-electron chi connectivity index (χ3n) is 6.18. The van der Waals surface area contributed by atoms with Gasteiger partial charge in [0, 0.05) is 18.2 Å². The van der Waals surface area contributed by atoms with Crippen LogP contribution in [0.4, 0.5) is 0 Å². The zero-order valence-electron chi connectivity index (χ0n) is 17.5. The molecule has 2 heterocycles. The second-order valence-electron chi connectivity index (χ2n) is 9.09. The number of nitrogens with zero attached hydrogens (tertiary/aromatic N) is 3. The van der Waals surface area contributed by atoms with Gasteiger partial charge in [-0.1, -0.05) is 39.0 Å². The zero-order valence-corrected chi connectivity index (χ0v) is 18.5. The van der Waals surface area contributed by atoms with Crippen LogP contribution in [-0.4, -0.2) is 42.6 Å². The summed E-state index contributed by atoms with van der Waals surface area (Å²) in [5, 5.41) is 8.82. The number of hydrogen-bond acceptors (Lipinski definition) is 5. The van der Waals surface area contributed by atoms with E-state index < -0.39 is 8.32 Å². The molecule has 0 N–H and O–H groups in total. The van der Waals surface area contributed by atoms with Gasteiger partial charge >= 0.3 is 0 Å². The lowest BCUT2D eigenvalue weighted by Gasteiger charge is -2.38. The average molecular weight is 388 g/mol. The molecule has 0 radical (unpaired) electrons. The van der Waals surface area contributed by atoms with E-state index in [1.165, 1.54) is 12.8 Å². The van der Waals surface area contributed by atoms with Crippen molar-refractivity contribution in [3.05, 3.63) is 36.2 Å². The summed E-state index contributed by atoms with van der Waals surface area (Å²) < 4.78 is 12.5. The first kappa shape index (κ1) is 20.2. The van der Waals surface area contributed by atoms with Crippen LogP contribution in [0.2, 0.25) is 18.1 Å². The lowest BCUT2D eigenvalue weighted by atomic mass is 10.2. The molecule has 6 heteroatoms. The van der Waals surface area contributed by atoms with E-state index in [4.69, 9.17) is 8.84 Å². The summed E-state index contributed by atoms with van der Waals surface area (Å²) in [5.41, 5.74) is 0.961. The molecule has 5 nitrogen and oxygen atoms in total. The van der Waals surface area contributed by atoms with Gasteiger partial charge in [0.2, 0.25) is 11.8 Å². The Morgan fingerprint density at radius 2 is 1.93 bits per heavy atom. The van der Waals surface area contributed by atoms with E-state index >= 15 is 0 Å². The molecule has 0 amide bonds. The second-order valence-corrected chi connectivity index (χ2v) is 13.9. The summed E-state index contributed by atoms with van der Waals surface area (Å²) in [7, 11) is -1.73. The zero-order chi connectivity index (χ0) is 19.7. The Labute approximate surface area is 164 Å². The van der Waals surface area contributed by atoms with E-state index in [1.54, 1.807) is 0 Å². The molecular formula is C21H33N3O2Si. The number of likely N-dealkylation sites (tertiary alicyclic amines) is 1. The van der Waals surface area contributed by atoms with Crippen molar-refractivity contribution in [2.24, 2.45) is 0 Å². The molecule has 3 rings (SSSR count). The van der Waals surface area contributed by atoms with Gasteiger partial charge in [-0.05, 0) is 56.6 Å². The van der Waals surface area contributed by atoms with Gasteiger partial charge in [-0.25, -0.2) is 0 Å². The van der Waals surface area contributed by atoms with Gasteiger partial charge in [0.25, 0.3) is 0 Å². The Morgan fingerprint density at radius 1 is 1.22 bits per heavy atom. The van der Waals surface area contributed by atoms with Crippen LogP contribution in [0.3, 0.4) is 0 Å². The maximum Gasteiger partial charge on any atom is 0.247 e. The van der Waals surface area contributed by atoms with E-state index in [0.29, 0.717) is 17.8 Å². The molecule has 1 saturated heterocycles. The molecular weight excluding hydrogens is 354 g/mol. The fourth-order valence-electron chi connectivity index (χ4n) is 3.31. The van der Waals surface area contributed by atoms with Crippen molar-refractivity contribution in [3.8, 4) is 11.5 Å². The standard InChI is InChI=1S/C21H33N3O2Si/c1-16(19-22-23-20(26-19)17-11-8-7-9-12-17)24-14-10-13-18(24)15-25-27(5,6)21(2,3)4/h7-9,11-12,16,18H,10,13-15H2,1-6H3. The maximum absolute atomic E-state index is 6.50. The van der Waals surface area contributed by atoms with E-state index in [0.717, 1.165) is 18.7 Å². The van der Waals surface area contributed by atoms with E-state index in [2.05, 4.69) is 55.9 Å². The highest BCUT2D eigenvalue weighted by Crippen LogP contribution is 2.38. The lowest BCUT2D eigenvalue weighted by molar-refractivity contribution is 0.116. The molecule has 0 bridgehead atoms. The van der Waals surface area contributed by atoms with Gasteiger partial charge in [-0.2, -0.15) is 0 Å². The fourth-order valence-corrected chi connectivity index (χ4v) is 4.35. The molecule has 2 atom stereocenters. The van der Waals surface area contributed by atoms with Gasteiger partial charge in [0.15, 0.2) is 8.32 Å². The van der Waals surface area contributed by atoms with Gasteiger partial charge in [-0.15, -0.1) is 10.2 Å². The second kappa shape index (κ2) is 7.85. The van der Waals surface area contributed by atoms with E-state index in [1.807, 2.05) is 30.3 Å². The highest BCUT2D eigenvalue weighted by atomic mass is 28.4. The van der Waals surface area contributed by atoms with Crippen molar-refractivity contribution in [1.82, 2.24) is 15.1 Å². The number of hydrogen-bond donors (Lipinski definition) is 0. The minimum atomic E-state index is -1.73. The van der Waals surface area contributed by atoms with Gasteiger partial charge in [-0.3, -0.25) is 4.90 Å². The normalized spacial score (nSPS) is 20.1. The minimum absolute atomic E-state index is 0.102. The Hall–Kier alpha value is -1.50. The molecule has 1 aromatic heterocycles. The summed E-state index contributed by atoms with van der Waals surface area (Å²) in [6.07, 6.45) is 2.36. The van der Waals surface area contributed by atoms with Crippen molar-refractivity contribution in [3.63, 3.8) is 0 Å². The summed E-state index contributed by atoms with van der Waals surface area (Å²) in [6, 6.07) is 10.5. The van der Waals surface area contributed by atoms with Crippen LogP contribution in [0.1, 0.15) is 52.5 Å².